The smallest absolute Gasteiger partial charge is 0.124 e. The van der Waals surface area contributed by atoms with E-state index in [1.807, 2.05) is 0 Å². The molecule has 0 aliphatic rings. The van der Waals surface area contributed by atoms with E-state index in [-0.39, 0.29) is 8.41 Å². The minimum absolute atomic E-state index is 0. The Kier molecular flexibility index (Phi) is 4.60. The van der Waals surface area contributed by atoms with Gasteiger partial charge in [0.15, 0.2) is 0 Å². The molecular weight excluding hydrogens is 174 g/mol. The SMILES string of the molecule is COc1cc(Cl)cc(OC)c1.[B]. The zero-order valence-electron chi connectivity index (χ0n) is 7.00. The van der Waals surface area contributed by atoms with Crippen molar-refractivity contribution in [2.24, 2.45) is 0 Å². The van der Waals surface area contributed by atoms with Crippen LogP contribution < -0.4 is 9.47 Å². The maximum absolute atomic E-state index is 5.75. The monoisotopic (exact) mass is 183 g/mol. The molecule has 0 saturated carbocycles. The predicted octanol–water partition coefficient (Wildman–Crippen LogP) is 1.98. The number of ether oxygens (including phenoxy) is 2. The molecule has 0 bridgehead atoms. The van der Waals surface area contributed by atoms with Crippen molar-refractivity contribution in [3.8, 4) is 11.5 Å². The number of rotatable bonds is 2. The van der Waals surface area contributed by atoms with Crippen LogP contribution in [0.1, 0.15) is 0 Å². The van der Waals surface area contributed by atoms with Crippen molar-refractivity contribution in [1.29, 1.82) is 0 Å². The van der Waals surface area contributed by atoms with Crippen molar-refractivity contribution in [1.82, 2.24) is 0 Å². The van der Waals surface area contributed by atoms with Gasteiger partial charge in [-0.2, -0.15) is 0 Å². The quantitative estimate of drug-likeness (QED) is 0.653. The molecule has 2 nitrogen and oxygen atoms in total. The Bertz CT molecular complexity index is 231. The minimum Gasteiger partial charge on any atom is -0.497 e. The topological polar surface area (TPSA) is 18.5 Å². The lowest BCUT2D eigenvalue weighted by atomic mass is 10.3. The highest BCUT2D eigenvalue weighted by Gasteiger charge is 1.97. The van der Waals surface area contributed by atoms with Gasteiger partial charge in [-0.1, -0.05) is 11.6 Å². The Labute approximate surface area is 79.0 Å². The average molecular weight is 183 g/mol. The van der Waals surface area contributed by atoms with Crippen molar-refractivity contribution in [3.63, 3.8) is 0 Å². The molecule has 0 spiro atoms. The fourth-order valence-corrected chi connectivity index (χ4v) is 0.988. The number of benzene rings is 1. The van der Waals surface area contributed by atoms with E-state index in [1.165, 1.54) is 0 Å². The second-order valence-corrected chi connectivity index (χ2v) is 2.47. The molecule has 0 unspecified atom stereocenters. The summed E-state index contributed by atoms with van der Waals surface area (Å²) >= 11 is 5.75. The molecule has 0 aliphatic carbocycles. The summed E-state index contributed by atoms with van der Waals surface area (Å²) in [7, 11) is 3.18. The van der Waals surface area contributed by atoms with E-state index >= 15 is 0 Å². The lowest BCUT2D eigenvalue weighted by molar-refractivity contribution is 0.394. The molecule has 3 radical (unpaired) electrons. The third-order valence-corrected chi connectivity index (χ3v) is 1.53. The van der Waals surface area contributed by atoms with E-state index in [9.17, 15) is 0 Å². The minimum atomic E-state index is 0. The number of halogens is 1. The first-order valence-corrected chi connectivity index (χ1v) is 3.52. The van der Waals surface area contributed by atoms with Crippen LogP contribution in [0.25, 0.3) is 0 Å². The molecule has 0 aromatic heterocycles. The largest absolute Gasteiger partial charge is 0.497 e. The van der Waals surface area contributed by atoms with Gasteiger partial charge in [-0.3, -0.25) is 0 Å². The van der Waals surface area contributed by atoms with Crippen LogP contribution in [0.3, 0.4) is 0 Å². The van der Waals surface area contributed by atoms with Gasteiger partial charge in [0.1, 0.15) is 11.5 Å². The van der Waals surface area contributed by atoms with Crippen LogP contribution in [-0.2, 0) is 0 Å². The van der Waals surface area contributed by atoms with E-state index in [0.29, 0.717) is 16.5 Å². The second-order valence-electron chi connectivity index (χ2n) is 2.03. The summed E-state index contributed by atoms with van der Waals surface area (Å²) in [5.41, 5.74) is 0. The van der Waals surface area contributed by atoms with E-state index in [4.69, 9.17) is 21.1 Å². The Morgan fingerprint density at radius 2 is 1.42 bits per heavy atom. The van der Waals surface area contributed by atoms with Crippen LogP contribution in [-0.4, -0.2) is 22.6 Å². The van der Waals surface area contributed by atoms with Crippen LogP contribution in [0.4, 0.5) is 0 Å². The van der Waals surface area contributed by atoms with Gasteiger partial charge >= 0.3 is 0 Å². The van der Waals surface area contributed by atoms with Crippen molar-refractivity contribution in [2.75, 3.05) is 14.2 Å². The molecule has 1 aromatic rings. The van der Waals surface area contributed by atoms with E-state index in [0.717, 1.165) is 0 Å². The normalized spacial score (nSPS) is 8.58. The predicted molar refractivity (Wildman–Crippen MR) is 50.3 cm³/mol. The first-order chi connectivity index (χ1) is 5.26. The summed E-state index contributed by atoms with van der Waals surface area (Å²) in [4.78, 5) is 0. The molecule has 63 valence electrons. The molecule has 0 amide bonds. The summed E-state index contributed by atoms with van der Waals surface area (Å²) in [6, 6.07) is 5.22. The van der Waals surface area contributed by atoms with Gasteiger partial charge in [-0.15, -0.1) is 0 Å². The Morgan fingerprint density at radius 3 is 1.75 bits per heavy atom. The maximum Gasteiger partial charge on any atom is 0.124 e. The van der Waals surface area contributed by atoms with Gasteiger partial charge in [0, 0.05) is 19.5 Å². The van der Waals surface area contributed by atoms with Crippen LogP contribution in [0.5, 0.6) is 11.5 Å². The lowest BCUT2D eigenvalue weighted by Gasteiger charge is -2.03. The van der Waals surface area contributed by atoms with Crippen molar-refractivity contribution in [3.05, 3.63) is 23.2 Å². The highest BCUT2D eigenvalue weighted by Crippen LogP contribution is 2.25. The average Bonchev–Trinajstić information content (AvgIpc) is 2.03. The number of methoxy groups -OCH3 is 2. The summed E-state index contributed by atoms with van der Waals surface area (Å²) in [5.74, 6) is 1.41. The van der Waals surface area contributed by atoms with Gasteiger partial charge in [0.2, 0.25) is 0 Å². The Morgan fingerprint density at radius 1 is 1.00 bits per heavy atom. The molecule has 1 aromatic carbocycles. The van der Waals surface area contributed by atoms with Crippen LogP contribution in [0.15, 0.2) is 18.2 Å². The summed E-state index contributed by atoms with van der Waals surface area (Å²) in [6.45, 7) is 0. The molecular formula is C8H9BClO2. The summed E-state index contributed by atoms with van der Waals surface area (Å²) in [5, 5.41) is 0.612. The standard InChI is InChI=1S/C8H9ClO2.B/c1-10-7-3-6(9)4-8(5-7)11-2;/h3-5H,1-2H3;. The second kappa shape index (κ2) is 4.93. The van der Waals surface area contributed by atoms with Crippen molar-refractivity contribution in [2.45, 2.75) is 0 Å². The zero-order chi connectivity index (χ0) is 8.27. The molecule has 0 atom stereocenters. The van der Waals surface area contributed by atoms with E-state index in [1.54, 1.807) is 32.4 Å². The van der Waals surface area contributed by atoms with Gasteiger partial charge < -0.3 is 9.47 Å². The van der Waals surface area contributed by atoms with E-state index < -0.39 is 0 Å². The third kappa shape index (κ3) is 2.66. The van der Waals surface area contributed by atoms with Gasteiger partial charge in [-0.05, 0) is 12.1 Å². The van der Waals surface area contributed by atoms with Gasteiger partial charge in [-0.25, -0.2) is 0 Å². The zero-order valence-corrected chi connectivity index (χ0v) is 7.76. The van der Waals surface area contributed by atoms with Crippen LogP contribution >= 0.6 is 11.6 Å². The molecule has 0 heterocycles. The fourth-order valence-electron chi connectivity index (χ4n) is 0.773. The lowest BCUT2D eigenvalue weighted by Crippen LogP contribution is -1.86. The van der Waals surface area contributed by atoms with Crippen molar-refractivity contribution < 1.29 is 9.47 Å². The first-order valence-electron chi connectivity index (χ1n) is 3.15. The van der Waals surface area contributed by atoms with Gasteiger partial charge in [0.25, 0.3) is 0 Å². The number of hydrogen-bond donors (Lipinski definition) is 0. The van der Waals surface area contributed by atoms with Crippen LogP contribution in [0, 0.1) is 0 Å². The highest BCUT2D eigenvalue weighted by atomic mass is 35.5. The highest BCUT2D eigenvalue weighted by molar-refractivity contribution is 6.30. The summed E-state index contributed by atoms with van der Waals surface area (Å²) < 4.78 is 9.95. The van der Waals surface area contributed by atoms with Crippen LogP contribution in [0.2, 0.25) is 5.02 Å². The summed E-state index contributed by atoms with van der Waals surface area (Å²) in [6.07, 6.45) is 0. The number of hydrogen-bond acceptors (Lipinski definition) is 2. The molecule has 0 fully saturated rings. The molecule has 12 heavy (non-hydrogen) atoms. The van der Waals surface area contributed by atoms with E-state index in [2.05, 4.69) is 0 Å². The fraction of sp³-hybridized carbons (Fsp3) is 0.250. The molecule has 4 heteroatoms. The maximum atomic E-state index is 5.75. The molecule has 0 saturated heterocycles. The first kappa shape index (κ1) is 11.2. The molecule has 0 aliphatic heterocycles. The molecule has 0 N–H and O–H groups in total. The third-order valence-electron chi connectivity index (χ3n) is 1.32. The molecule has 1 rings (SSSR count). The van der Waals surface area contributed by atoms with Crippen molar-refractivity contribution >= 4 is 20.0 Å². The Balaban J connectivity index is 0.00000121. The Hall–Kier alpha value is -0.825. The van der Waals surface area contributed by atoms with Gasteiger partial charge in [0.05, 0.1) is 14.2 Å².